The monoisotopic (exact) mass is 530 g/mol. The maximum absolute atomic E-state index is 13.1. The van der Waals surface area contributed by atoms with Crippen LogP contribution in [0.2, 0.25) is 0 Å². The number of aliphatic hydroxyl groups excluding tert-OH is 1. The highest BCUT2D eigenvalue weighted by atomic mass is 16.4. The first-order valence-electron chi connectivity index (χ1n) is 11.9. The van der Waals surface area contributed by atoms with Gasteiger partial charge in [0.05, 0.1) is 6.61 Å². The predicted octanol–water partition coefficient (Wildman–Crippen LogP) is -4.00. The zero-order valence-corrected chi connectivity index (χ0v) is 21.4. The van der Waals surface area contributed by atoms with Gasteiger partial charge in [0.25, 0.3) is 0 Å². The summed E-state index contributed by atoms with van der Waals surface area (Å²) < 4.78 is 0. The third-order valence-electron chi connectivity index (χ3n) is 5.46. The number of carbonyl (C=O) groups excluding carboxylic acids is 3. The van der Waals surface area contributed by atoms with E-state index in [9.17, 15) is 24.3 Å². The molecule has 3 amide bonds. The summed E-state index contributed by atoms with van der Waals surface area (Å²) in [5, 5.41) is 26.2. The zero-order chi connectivity index (χ0) is 28.5. The molecule has 0 fully saturated rings. The lowest BCUT2D eigenvalue weighted by atomic mass is 9.96. The van der Waals surface area contributed by atoms with Gasteiger partial charge in [-0.3, -0.25) is 24.4 Å². The highest BCUT2D eigenvalue weighted by Crippen LogP contribution is 2.11. The second kappa shape index (κ2) is 17.7. The molecular formula is C21H42N10O6. The predicted molar refractivity (Wildman–Crippen MR) is 138 cm³/mol. The van der Waals surface area contributed by atoms with Crippen molar-refractivity contribution in [1.29, 1.82) is 0 Å². The van der Waals surface area contributed by atoms with Gasteiger partial charge in [-0.2, -0.15) is 0 Å². The average Bonchev–Trinajstić information content (AvgIpc) is 2.84. The fourth-order valence-electron chi connectivity index (χ4n) is 3.11. The van der Waals surface area contributed by atoms with Crippen molar-refractivity contribution >= 4 is 35.6 Å². The van der Waals surface area contributed by atoms with Crippen LogP contribution >= 0.6 is 0 Å². The molecule has 0 saturated carbocycles. The van der Waals surface area contributed by atoms with Crippen molar-refractivity contribution < 1.29 is 29.4 Å². The molecule has 16 nitrogen and oxygen atoms in total. The standard InChI is InChI=1S/C21H42N10O6/c1-3-11(2)15(18(35)30-14(19(36)37)7-5-9-28-21(25)26)31-17(34)13(6-4-8-27-20(23)24)29-16(33)12(22)10-32/h11-15,32H,3-10,22H2,1-2H3,(H,29,33)(H,30,35)(H,31,34)(H,36,37)(H4,23,24,27)(H4,25,26,28). The van der Waals surface area contributed by atoms with Gasteiger partial charge in [-0.25, -0.2) is 4.79 Å². The van der Waals surface area contributed by atoms with Gasteiger partial charge in [-0.05, 0) is 31.6 Å². The Morgan fingerprint density at radius 2 is 1.30 bits per heavy atom. The third-order valence-corrected chi connectivity index (χ3v) is 5.46. The maximum atomic E-state index is 13.1. The molecule has 5 atom stereocenters. The van der Waals surface area contributed by atoms with E-state index in [2.05, 4.69) is 25.9 Å². The minimum atomic E-state index is -1.25. The lowest BCUT2D eigenvalue weighted by Gasteiger charge is -2.28. The molecule has 0 saturated heterocycles. The first-order chi connectivity index (χ1) is 17.3. The molecule has 0 aliphatic heterocycles. The molecule has 15 N–H and O–H groups in total. The van der Waals surface area contributed by atoms with Crippen LogP contribution in [-0.2, 0) is 19.2 Å². The van der Waals surface area contributed by atoms with Gasteiger partial charge in [-0.1, -0.05) is 20.3 Å². The molecule has 0 aromatic carbocycles. The Balaban J connectivity index is 5.55. The second-order valence-corrected chi connectivity index (χ2v) is 8.52. The van der Waals surface area contributed by atoms with Crippen LogP contribution in [0.3, 0.4) is 0 Å². The first-order valence-corrected chi connectivity index (χ1v) is 11.9. The Bertz CT molecular complexity index is 814. The largest absolute Gasteiger partial charge is 0.480 e. The maximum Gasteiger partial charge on any atom is 0.326 e. The number of rotatable bonds is 18. The number of aliphatic carboxylic acids is 1. The van der Waals surface area contributed by atoms with Crippen LogP contribution in [0.5, 0.6) is 0 Å². The van der Waals surface area contributed by atoms with E-state index in [1.165, 1.54) is 0 Å². The molecular weight excluding hydrogens is 488 g/mol. The number of aliphatic hydroxyl groups is 1. The van der Waals surface area contributed by atoms with Gasteiger partial charge in [-0.15, -0.1) is 0 Å². The first kappa shape index (κ1) is 33.3. The average molecular weight is 531 g/mol. The van der Waals surface area contributed by atoms with Gasteiger partial charge in [0.2, 0.25) is 17.7 Å². The summed E-state index contributed by atoms with van der Waals surface area (Å²) in [4.78, 5) is 57.6. The molecule has 0 rings (SSSR count). The Morgan fingerprint density at radius 1 is 0.811 bits per heavy atom. The molecule has 0 spiro atoms. The van der Waals surface area contributed by atoms with Crippen molar-refractivity contribution in [3.8, 4) is 0 Å². The molecule has 0 aliphatic rings. The summed E-state index contributed by atoms with van der Waals surface area (Å²) in [6.07, 6.45) is 1.25. The molecule has 5 unspecified atom stereocenters. The minimum absolute atomic E-state index is 0.0571. The number of carbonyl (C=O) groups is 4. The topological polar surface area (TPSA) is 300 Å². The number of hydrogen-bond acceptors (Lipinski definition) is 8. The number of amides is 3. The summed E-state index contributed by atoms with van der Waals surface area (Å²) in [6, 6.07) is -4.70. The Labute approximate surface area is 215 Å². The van der Waals surface area contributed by atoms with Gasteiger partial charge in [0.1, 0.15) is 24.2 Å². The summed E-state index contributed by atoms with van der Waals surface area (Å²) >= 11 is 0. The van der Waals surface area contributed by atoms with Crippen LogP contribution in [0.15, 0.2) is 9.98 Å². The molecule has 37 heavy (non-hydrogen) atoms. The van der Waals surface area contributed by atoms with E-state index >= 15 is 0 Å². The number of carboxylic acid groups (broad SMARTS) is 1. The van der Waals surface area contributed by atoms with E-state index in [1.54, 1.807) is 13.8 Å². The van der Waals surface area contributed by atoms with Crippen LogP contribution in [0, 0.1) is 5.92 Å². The van der Waals surface area contributed by atoms with Crippen LogP contribution in [0.1, 0.15) is 46.0 Å². The molecule has 0 bridgehead atoms. The van der Waals surface area contributed by atoms with E-state index in [1.807, 2.05) is 0 Å². The fourth-order valence-corrected chi connectivity index (χ4v) is 3.11. The number of guanidine groups is 2. The van der Waals surface area contributed by atoms with Crippen molar-refractivity contribution in [1.82, 2.24) is 16.0 Å². The molecule has 0 aromatic heterocycles. The fraction of sp³-hybridized carbons (Fsp3) is 0.714. The molecule has 0 aliphatic carbocycles. The summed E-state index contributed by atoms with van der Waals surface area (Å²) in [5.74, 6) is -4.05. The van der Waals surface area contributed by atoms with Crippen molar-refractivity contribution in [2.45, 2.75) is 70.1 Å². The van der Waals surface area contributed by atoms with Crippen molar-refractivity contribution in [2.24, 2.45) is 44.6 Å². The smallest absolute Gasteiger partial charge is 0.326 e. The SMILES string of the molecule is CCC(C)C(NC(=O)C(CCCN=C(N)N)NC(=O)C(N)CO)C(=O)NC(CCCN=C(N)N)C(=O)O. The van der Waals surface area contributed by atoms with Crippen LogP contribution in [0.25, 0.3) is 0 Å². The van der Waals surface area contributed by atoms with E-state index in [0.29, 0.717) is 19.3 Å². The molecule has 16 heteroatoms. The Morgan fingerprint density at radius 3 is 1.73 bits per heavy atom. The lowest BCUT2D eigenvalue weighted by molar-refractivity contribution is -0.143. The third kappa shape index (κ3) is 13.9. The molecule has 0 aromatic rings. The van der Waals surface area contributed by atoms with Crippen LogP contribution in [0.4, 0.5) is 0 Å². The van der Waals surface area contributed by atoms with Crippen molar-refractivity contribution in [3.05, 3.63) is 0 Å². The summed E-state index contributed by atoms with van der Waals surface area (Å²) in [6.45, 7) is 3.25. The normalized spacial score (nSPS) is 14.7. The number of carboxylic acids is 1. The highest BCUT2D eigenvalue weighted by Gasteiger charge is 2.32. The number of hydrogen-bond donors (Lipinski definition) is 10. The molecule has 0 heterocycles. The second-order valence-electron chi connectivity index (χ2n) is 8.52. The van der Waals surface area contributed by atoms with Gasteiger partial charge in [0, 0.05) is 13.1 Å². The van der Waals surface area contributed by atoms with Crippen molar-refractivity contribution in [2.75, 3.05) is 19.7 Å². The number of nitrogens with zero attached hydrogens (tertiary/aromatic N) is 2. The van der Waals surface area contributed by atoms with E-state index in [0.717, 1.165) is 0 Å². The molecule has 212 valence electrons. The minimum Gasteiger partial charge on any atom is -0.480 e. The van der Waals surface area contributed by atoms with Gasteiger partial charge in [0.15, 0.2) is 11.9 Å². The lowest BCUT2D eigenvalue weighted by Crippen LogP contribution is -2.58. The number of nitrogens with two attached hydrogens (primary N) is 5. The van der Waals surface area contributed by atoms with Crippen LogP contribution < -0.4 is 44.6 Å². The number of aliphatic imine (C=N–C) groups is 2. The number of nitrogens with one attached hydrogen (secondary N) is 3. The highest BCUT2D eigenvalue weighted by molar-refractivity contribution is 5.94. The van der Waals surface area contributed by atoms with Crippen LogP contribution in [-0.4, -0.2) is 89.7 Å². The Kier molecular flexibility index (Phi) is 16.0. The quantitative estimate of drug-likeness (QED) is 0.0462. The Hall–Kier alpha value is -3.66. The molecule has 0 radical (unpaired) electrons. The van der Waals surface area contributed by atoms with Gasteiger partial charge >= 0.3 is 5.97 Å². The zero-order valence-electron chi connectivity index (χ0n) is 21.4. The summed E-state index contributed by atoms with van der Waals surface area (Å²) in [7, 11) is 0. The van der Waals surface area contributed by atoms with E-state index in [4.69, 9.17) is 33.8 Å². The van der Waals surface area contributed by atoms with E-state index < -0.39 is 54.5 Å². The van der Waals surface area contributed by atoms with Gasteiger partial charge < -0.3 is 54.8 Å². The van der Waals surface area contributed by atoms with E-state index in [-0.39, 0.29) is 43.8 Å². The van der Waals surface area contributed by atoms with Crippen molar-refractivity contribution in [3.63, 3.8) is 0 Å². The summed E-state index contributed by atoms with van der Waals surface area (Å²) in [5.41, 5.74) is 26.6.